The van der Waals surface area contributed by atoms with Crippen molar-refractivity contribution >= 4 is 56.4 Å². The molecule has 36 heavy (non-hydrogen) atoms. The molecule has 0 unspecified atom stereocenters. The number of furan rings is 1. The Kier molecular flexibility index (Phi) is 5.22. The third-order valence-electron chi connectivity index (χ3n) is 7.68. The van der Waals surface area contributed by atoms with Crippen molar-refractivity contribution < 1.29 is 14.2 Å². The van der Waals surface area contributed by atoms with Crippen molar-refractivity contribution in [2.75, 3.05) is 0 Å². The molecule has 1 aromatic heterocycles. The zero-order valence-corrected chi connectivity index (χ0v) is 21.1. The maximum absolute atomic E-state index is 10.7. The standard InChI is InChI=1S/C32H29BO3/c1-31(2,34)32(3,4)36-33-27-17-23(25-15-9-13-20-10-7-8-14-24(20)25)19-29-30(27)26-16-21-11-5-6-12-22(21)18-28(26)35-29/h5-19,33-34H,1-4H3. The molecule has 0 fully saturated rings. The second-order valence-electron chi connectivity index (χ2n) is 10.7. The van der Waals surface area contributed by atoms with Gasteiger partial charge in [0.15, 0.2) is 0 Å². The van der Waals surface area contributed by atoms with Gasteiger partial charge in [-0.2, -0.15) is 0 Å². The largest absolute Gasteiger partial charge is 0.456 e. The van der Waals surface area contributed by atoms with Crippen LogP contribution in [0, 0.1) is 0 Å². The lowest BCUT2D eigenvalue weighted by Crippen LogP contribution is -2.49. The zero-order valence-electron chi connectivity index (χ0n) is 21.1. The third kappa shape index (κ3) is 3.78. The zero-order chi connectivity index (χ0) is 25.1. The average Bonchev–Trinajstić information content (AvgIpc) is 3.22. The quantitative estimate of drug-likeness (QED) is 0.272. The SMILES string of the molecule is CC(C)(O)C(C)(C)OBc1cc(-c2cccc3ccccc23)cc2oc3cc4ccccc4cc3c12. The maximum atomic E-state index is 10.7. The van der Waals surface area contributed by atoms with Gasteiger partial charge in [0.25, 0.3) is 0 Å². The van der Waals surface area contributed by atoms with Gasteiger partial charge in [-0.3, -0.25) is 0 Å². The van der Waals surface area contributed by atoms with Crippen LogP contribution in [-0.2, 0) is 4.65 Å². The highest BCUT2D eigenvalue weighted by atomic mass is 16.5. The highest BCUT2D eigenvalue weighted by molar-refractivity contribution is 6.53. The van der Waals surface area contributed by atoms with E-state index < -0.39 is 11.2 Å². The number of aliphatic hydroxyl groups is 1. The predicted molar refractivity (Wildman–Crippen MR) is 152 cm³/mol. The van der Waals surface area contributed by atoms with Crippen LogP contribution in [0.5, 0.6) is 0 Å². The Labute approximate surface area is 211 Å². The molecule has 0 saturated heterocycles. The van der Waals surface area contributed by atoms with Crippen LogP contribution in [0.15, 0.2) is 95.4 Å². The lowest BCUT2D eigenvalue weighted by Gasteiger charge is -2.37. The minimum Gasteiger partial charge on any atom is -0.456 e. The van der Waals surface area contributed by atoms with Gasteiger partial charge in [0.2, 0.25) is 0 Å². The van der Waals surface area contributed by atoms with E-state index in [1.54, 1.807) is 13.8 Å². The molecule has 0 spiro atoms. The number of rotatable bonds is 5. The predicted octanol–water partition coefficient (Wildman–Crippen LogP) is 7.10. The van der Waals surface area contributed by atoms with Crippen molar-refractivity contribution in [3.05, 3.63) is 91.0 Å². The highest BCUT2D eigenvalue weighted by Crippen LogP contribution is 2.36. The summed E-state index contributed by atoms with van der Waals surface area (Å²) in [4.78, 5) is 0. The Morgan fingerprint density at radius 2 is 1.36 bits per heavy atom. The van der Waals surface area contributed by atoms with E-state index in [2.05, 4.69) is 84.9 Å². The first kappa shape index (κ1) is 22.8. The molecule has 0 bridgehead atoms. The van der Waals surface area contributed by atoms with E-state index in [9.17, 15) is 5.11 Å². The van der Waals surface area contributed by atoms with E-state index in [-0.39, 0.29) is 0 Å². The molecule has 6 aromatic rings. The van der Waals surface area contributed by atoms with Crippen LogP contribution in [0.2, 0.25) is 0 Å². The van der Waals surface area contributed by atoms with Gasteiger partial charge in [-0.1, -0.05) is 72.8 Å². The molecule has 0 aliphatic carbocycles. The van der Waals surface area contributed by atoms with Gasteiger partial charge in [-0.15, -0.1) is 0 Å². The van der Waals surface area contributed by atoms with Gasteiger partial charge in [0, 0.05) is 10.8 Å². The second kappa shape index (κ2) is 8.23. The molecule has 1 N–H and O–H groups in total. The molecule has 0 atom stereocenters. The van der Waals surface area contributed by atoms with Crippen molar-refractivity contribution in [1.29, 1.82) is 0 Å². The molecular weight excluding hydrogens is 443 g/mol. The second-order valence-corrected chi connectivity index (χ2v) is 10.7. The van der Waals surface area contributed by atoms with Crippen molar-refractivity contribution in [1.82, 2.24) is 0 Å². The van der Waals surface area contributed by atoms with Crippen LogP contribution in [0.1, 0.15) is 27.7 Å². The first-order valence-corrected chi connectivity index (χ1v) is 12.4. The first-order valence-electron chi connectivity index (χ1n) is 12.4. The lowest BCUT2D eigenvalue weighted by atomic mass is 9.79. The van der Waals surface area contributed by atoms with Gasteiger partial charge < -0.3 is 14.2 Å². The topological polar surface area (TPSA) is 42.6 Å². The maximum Gasteiger partial charge on any atom is 0.310 e. The summed E-state index contributed by atoms with van der Waals surface area (Å²) in [5.74, 6) is 0. The van der Waals surface area contributed by atoms with Gasteiger partial charge in [-0.05, 0) is 84.0 Å². The molecule has 0 aliphatic heterocycles. The Morgan fingerprint density at radius 1 is 0.694 bits per heavy atom. The van der Waals surface area contributed by atoms with Crippen molar-refractivity contribution in [3.8, 4) is 11.1 Å². The van der Waals surface area contributed by atoms with Crippen molar-refractivity contribution in [2.45, 2.75) is 38.9 Å². The summed E-state index contributed by atoms with van der Waals surface area (Å²) in [6.07, 6.45) is 0. The normalized spacial score (nSPS) is 12.7. The van der Waals surface area contributed by atoms with Crippen LogP contribution in [-0.4, -0.2) is 23.8 Å². The summed E-state index contributed by atoms with van der Waals surface area (Å²) in [7, 11) is 0.355. The van der Waals surface area contributed by atoms with E-state index in [1.807, 2.05) is 19.9 Å². The van der Waals surface area contributed by atoms with Crippen LogP contribution < -0.4 is 5.46 Å². The minimum absolute atomic E-state index is 0.355. The summed E-state index contributed by atoms with van der Waals surface area (Å²) >= 11 is 0. The smallest absolute Gasteiger partial charge is 0.310 e. The Balaban J connectivity index is 1.60. The monoisotopic (exact) mass is 472 g/mol. The molecule has 0 aliphatic rings. The van der Waals surface area contributed by atoms with E-state index in [1.165, 1.54) is 16.2 Å². The van der Waals surface area contributed by atoms with Crippen molar-refractivity contribution in [2.24, 2.45) is 0 Å². The minimum atomic E-state index is -0.992. The highest BCUT2D eigenvalue weighted by Gasteiger charge is 2.36. The molecule has 0 radical (unpaired) electrons. The molecular formula is C32H29BO3. The molecule has 6 rings (SSSR count). The van der Waals surface area contributed by atoms with E-state index in [4.69, 9.17) is 9.07 Å². The molecule has 3 nitrogen and oxygen atoms in total. The van der Waals surface area contributed by atoms with Crippen LogP contribution in [0.3, 0.4) is 0 Å². The summed E-state index contributed by atoms with van der Waals surface area (Å²) < 4.78 is 12.9. The number of fused-ring (bicyclic) bond motifs is 5. The Hall–Kier alpha value is -3.60. The van der Waals surface area contributed by atoms with E-state index >= 15 is 0 Å². The summed E-state index contributed by atoms with van der Waals surface area (Å²) in [6, 6.07) is 31.9. The van der Waals surface area contributed by atoms with E-state index in [0.717, 1.165) is 43.9 Å². The molecule has 178 valence electrons. The summed E-state index contributed by atoms with van der Waals surface area (Å²) in [5.41, 5.74) is 3.26. The molecule has 1 heterocycles. The lowest BCUT2D eigenvalue weighted by molar-refractivity contribution is -0.0893. The van der Waals surface area contributed by atoms with Gasteiger partial charge >= 0.3 is 7.48 Å². The first-order chi connectivity index (χ1) is 17.2. The fourth-order valence-corrected chi connectivity index (χ4v) is 4.86. The molecule has 0 amide bonds. The summed E-state index contributed by atoms with van der Waals surface area (Å²) in [6.45, 7) is 7.43. The molecule has 0 saturated carbocycles. The van der Waals surface area contributed by atoms with Crippen molar-refractivity contribution in [3.63, 3.8) is 0 Å². The van der Waals surface area contributed by atoms with Gasteiger partial charge in [-0.25, -0.2) is 0 Å². The number of benzene rings is 5. The van der Waals surface area contributed by atoms with Gasteiger partial charge in [0.05, 0.1) is 11.2 Å². The third-order valence-corrected chi connectivity index (χ3v) is 7.68. The fraction of sp³-hybridized carbons (Fsp3) is 0.188. The Morgan fingerprint density at radius 3 is 2.11 bits per heavy atom. The fourth-order valence-electron chi connectivity index (χ4n) is 4.86. The Bertz CT molecular complexity index is 1750. The average molecular weight is 472 g/mol. The number of hydrogen-bond donors (Lipinski definition) is 1. The van der Waals surface area contributed by atoms with Gasteiger partial charge in [0.1, 0.15) is 11.2 Å². The summed E-state index contributed by atoms with van der Waals surface area (Å²) in [5, 5.41) is 17.6. The van der Waals surface area contributed by atoms with Crippen LogP contribution >= 0.6 is 0 Å². The van der Waals surface area contributed by atoms with Crippen LogP contribution in [0.25, 0.3) is 54.6 Å². The van der Waals surface area contributed by atoms with E-state index in [0.29, 0.717) is 7.48 Å². The molecule has 5 aromatic carbocycles. The molecule has 4 heteroatoms. The number of hydrogen-bond acceptors (Lipinski definition) is 3. The van der Waals surface area contributed by atoms with Crippen LogP contribution in [0.4, 0.5) is 0 Å².